The Morgan fingerprint density at radius 2 is 1.85 bits per heavy atom. The van der Waals surface area contributed by atoms with E-state index in [1.165, 1.54) is 0 Å². The molecule has 2 bridgehead atoms. The van der Waals surface area contributed by atoms with Gasteiger partial charge in [-0.15, -0.1) is 0 Å². The lowest BCUT2D eigenvalue weighted by molar-refractivity contribution is -0.138. The fourth-order valence-corrected chi connectivity index (χ4v) is 5.26. The number of methoxy groups -OCH3 is 1. The third kappa shape index (κ3) is 4.78. The van der Waals surface area contributed by atoms with Gasteiger partial charge in [-0.1, -0.05) is 29.8 Å². The Bertz CT molecular complexity index is 1010. The molecule has 0 amide bonds. The van der Waals surface area contributed by atoms with E-state index in [-0.39, 0.29) is 12.0 Å². The highest BCUT2D eigenvalue weighted by Gasteiger charge is 2.51. The number of carbonyl (C=O) groups excluding carboxylic acids is 1. The minimum Gasteiger partial charge on any atom is -0.497 e. The number of fused-ring (bicyclic) bond motifs is 2. The van der Waals surface area contributed by atoms with Crippen LogP contribution in [0.1, 0.15) is 49.3 Å². The van der Waals surface area contributed by atoms with Crippen LogP contribution in [0.5, 0.6) is 5.75 Å². The first-order valence-electron chi connectivity index (χ1n) is 11.2. The monoisotopic (exact) mass is 459 g/mol. The van der Waals surface area contributed by atoms with E-state index in [0.717, 1.165) is 53.8 Å². The van der Waals surface area contributed by atoms with E-state index in [2.05, 4.69) is 4.90 Å². The molecule has 7 heteroatoms. The second-order valence-electron chi connectivity index (χ2n) is 8.71. The van der Waals surface area contributed by atoms with Crippen LogP contribution in [-0.2, 0) is 27.8 Å². The molecule has 0 aromatic heterocycles. The van der Waals surface area contributed by atoms with Gasteiger partial charge in [0.2, 0.25) is 0 Å². The molecule has 0 radical (unpaired) electrons. The molecule has 33 heavy (non-hydrogen) atoms. The van der Waals surface area contributed by atoms with Crippen LogP contribution in [0, 0.1) is 0 Å². The van der Waals surface area contributed by atoms with Crippen LogP contribution in [0.15, 0.2) is 60.2 Å². The van der Waals surface area contributed by atoms with Gasteiger partial charge < -0.3 is 9.47 Å². The molecule has 0 N–H and O–H groups in total. The summed E-state index contributed by atoms with van der Waals surface area (Å²) in [7, 11) is 1.62. The zero-order chi connectivity index (χ0) is 23.6. The Morgan fingerprint density at radius 3 is 2.45 bits per heavy atom. The molecular weight excluding hydrogens is 431 g/mol. The van der Waals surface area contributed by atoms with Crippen molar-refractivity contribution in [2.24, 2.45) is 0 Å². The molecule has 2 aromatic carbocycles. The van der Waals surface area contributed by atoms with Crippen molar-refractivity contribution >= 4 is 5.97 Å². The molecule has 2 atom stereocenters. The number of halogens is 3. The van der Waals surface area contributed by atoms with Gasteiger partial charge in [-0.25, -0.2) is 4.79 Å². The second-order valence-corrected chi connectivity index (χ2v) is 8.71. The van der Waals surface area contributed by atoms with E-state index in [1.54, 1.807) is 32.2 Å². The molecule has 2 heterocycles. The Balaban J connectivity index is 1.70. The molecule has 2 fully saturated rings. The maximum Gasteiger partial charge on any atom is 0.416 e. The smallest absolute Gasteiger partial charge is 0.416 e. The summed E-state index contributed by atoms with van der Waals surface area (Å²) in [5, 5.41) is 0. The van der Waals surface area contributed by atoms with Crippen molar-refractivity contribution < 1.29 is 27.4 Å². The number of carbonyl (C=O) groups is 1. The van der Waals surface area contributed by atoms with Crippen LogP contribution in [0.2, 0.25) is 0 Å². The van der Waals surface area contributed by atoms with Crippen molar-refractivity contribution in [3.63, 3.8) is 0 Å². The van der Waals surface area contributed by atoms with E-state index in [1.807, 2.05) is 24.3 Å². The zero-order valence-corrected chi connectivity index (χ0v) is 18.8. The van der Waals surface area contributed by atoms with Crippen LogP contribution >= 0.6 is 0 Å². The molecule has 4 nitrogen and oxygen atoms in total. The van der Waals surface area contributed by atoms with Gasteiger partial charge in [0.25, 0.3) is 0 Å². The van der Waals surface area contributed by atoms with E-state index >= 15 is 0 Å². The highest BCUT2D eigenvalue weighted by atomic mass is 19.4. The lowest BCUT2D eigenvalue weighted by Crippen LogP contribution is -2.48. The van der Waals surface area contributed by atoms with Crippen LogP contribution in [0.3, 0.4) is 0 Å². The number of hydrogen-bond acceptors (Lipinski definition) is 4. The number of esters is 1. The van der Waals surface area contributed by atoms with Crippen molar-refractivity contribution in [3.05, 3.63) is 76.9 Å². The van der Waals surface area contributed by atoms with E-state index in [4.69, 9.17) is 9.47 Å². The standard InChI is InChI=1S/C26H28F3NO3/c1-3-33-24(31)15-19-14-22-12-13-25(16-19,20-6-8-21(9-7-20)26(27,28)29)30(22)17-18-4-10-23(32-2)11-5-18/h4-11,15,22H,3,12-14,16-17H2,1-2H3/b19-15-/t22-,25-/m0/s1. The van der Waals surface area contributed by atoms with Gasteiger partial charge in [-0.3, -0.25) is 4.90 Å². The van der Waals surface area contributed by atoms with Crippen LogP contribution in [0.4, 0.5) is 13.2 Å². The number of hydrogen-bond donors (Lipinski definition) is 0. The van der Waals surface area contributed by atoms with Crippen molar-refractivity contribution in [3.8, 4) is 5.75 Å². The molecule has 2 aliphatic rings. The summed E-state index contributed by atoms with van der Waals surface area (Å²) in [5.74, 6) is 0.413. The summed E-state index contributed by atoms with van der Waals surface area (Å²) in [4.78, 5) is 14.5. The van der Waals surface area contributed by atoms with E-state index in [0.29, 0.717) is 19.6 Å². The van der Waals surface area contributed by atoms with Gasteiger partial charge in [-0.05, 0) is 68.0 Å². The molecule has 2 aromatic rings. The highest BCUT2D eigenvalue weighted by Crippen LogP contribution is 2.53. The third-order valence-electron chi connectivity index (χ3n) is 6.77. The SMILES string of the molecule is CCOC(=O)/C=C1/C[C@@H]2CC[C@@](c3ccc(C(F)(F)F)cc3)(C1)N2Cc1ccc(OC)cc1. The van der Waals surface area contributed by atoms with Gasteiger partial charge in [0, 0.05) is 18.7 Å². The zero-order valence-electron chi connectivity index (χ0n) is 18.8. The molecule has 176 valence electrons. The second kappa shape index (κ2) is 9.21. The highest BCUT2D eigenvalue weighted by molar-refractivity contribution is 5.83. The maximum atomic E-state index is 13.2. The van der Waals surface area contributed by atoms with Gasteiger partial charge >= 0.3 is 12.1 Å². The average Bonchev–Trinajstić information content (AvgIpc) is 2.99. The number of alkyl halides is 3. The lowest BCUT2D eigenvalue weighted by atomic mass is 9.78. The van der Waals surface area contributed by atoms with Crippen molar-refractivity contribution in [1.82, 2.24) is 4.90 Å². The minimum atomic E-state index is -4.38. The molecular formula is C26H28F3NO3. The van der Waals surface area contributed by atoms with Crippen molar-refractivity contribution in [1.29, 1.82) is 0 Å². The van der Waals surface area contributed by atoms with Gasteiger partial charge in [0.1, 0.15) is 5.75 Å². The number of ether oxygens (including phenoxy) is 2. The quantitative estimate of drug-likeness (QED) is 0.401. The minimum absolute atomic E-state index is 0.198. The van der Waals surface area contributed by atoms with Crippen LogP contribution in [0.25, 0.3) is 0 Å². The first-order chi connectivity index (χ1) is 15.7. The molecule has 2 aliphatic heterocycles. The van der Waals surface area contributed by atoms with Crippen molar-refractivity contribution in [2.45, 2.75) is 56.9 Å². The molecule has 0 unspecified atom stereocenters. The van der Waals surface area contributed by atoms with Crippen LogP contribution in [-0.4, -0.2) is 30.6 Å². The molecule has 0 aliphatic carbocycles. The fourth-order valence-electron chi connectivity index (χ4n) is 5.26. The van der Waals surface area contributed by atoms with Gasteiger partial charge in [0.05, 0.1) is 24.8 Å². The third-order valence-corrected chi connectivity index (χ3v) is 6.77. The number of benzene rings is 2. The predicted molar refractivity (Wildman–Crippen MR) is 119 cm³/mol. The summed E-state index contributed by atoms with van der Waals surface area (Å²) in [6.07, 6.45) is 0.266. The van der Waals surface area contributed by atoms with Crippen LogP contribution < -0.4 is 4.74 Å². The first-order valence-corrected chi connectivity index (χ1v) is 11.2. The number of nitrogens with zero attached hydrogens (tertiary/aromatic N) is 1. The van der Waals surface area contributed by atoms with E-state index < -0.39 is 17.3 Å². The topological polar surface area (TPSA) is 38.8 Å². The Kier molecular flexibility index (Phi) is 6.52. The number of piperidine rings is 1. The maximum absolute atomic E-state index is 13.2. The summed E-state index contributed by atoms with van der Waals surface area (Å²) in [6.45, 7) is 2.74. The first kappa shape index (κ1) is 23.4. The summed E-state index contributed by atoms with van der Waals surface area (Å²) >= 11 is 0. The summed E-state index contributed by atoms with van der Waals surface area (Å²) in [6, 6.07) is 13.6. The predicted octanol–water partition coefficient (Wildman–Crippen LogP) is 5.86. The summed E-state index contributed by atoms with van der Waals surface area (Å²) in [5.41, 5.74) is 1.82. The Morgan fingerprint density at radius 1 is 1.15 bits per heavy atom. The number of rotatable bonds is 6. The Labute approximate surface area is 192 Å². The van der Waals surface area contributed by atoms with Gasteiger partial charge in [-0.2, -0.15) is 13.2 Å². The fraction of sp³-hybridized carbons (Fsp3) is 0.423. The normalized spacial score (nSPS) is 24.2. The largest absolute Gasteiger partial charge is 0.497 e. The molecule has 4 rings (SSSR count). The molecule has 0 saturated carbocycles. The average molecular weight is 460 g/mol. The van der Waals surface area contributed by atoms with Gasteiger partial charge in [0.15, 0.2) is 0 Å². The van der Waals surface area contributed by atoms with E-state index in [9.17, 15) is 18.0 Å². The molecule has 0 spiro atoms. The lowest BCUT2D eigenvalue weighted by Gasteiger charge is -2.46. The summed E-state index contributed by atoms with van der Waals surface area (Å²) < 4.78 is 49.9. The molecule has 2 saturated heterocycles. The van der Waals surface area contributed by atoms with Crippen molar-refractivity contribution in [2.75, 3.05) is 13.7 Å². The Hall–Kier alpha value is -2.80.